The standard InChI is InChI=1S/C19H24N4O2/c1-22(2)18(24)13-23-11-10-14-12-16(8-9-17(14)23)21-19(25)20-15-6-4-3-5-7-15/h4,6,8-12,15H,3,5,7,13H2,1-2H3,(H2,20,21,25). The van der Waals surface area contributed by atoms with Crippen LogP contribution in [0.25, 0.3) is 10.9 Å². The van der Waals surface area contributed by atoms with Gasteiger partial charge in [-0.25, -0.2) is 4.79 Å². The van der Waals surface area contributed by atoms with Gasteiger partial charge in [-0.3, -0.25) is 4.79 Å². The molecule has 0 saturated carbocycles. The molecule has 2 aromatic rings. The molecule has 6 nitrogen and oxygen atoms in total. The van der Waals surface area contributed by atoms with Crippen LogP contribution < -0.4 is 10.6 Å². The molecule has 1 aliphatic carbocycles. The number of likely N-dealkylation sites (N-methyl/N-ethyl adjacent to an activating group) is 1. The number of allylic oxidation sites excluding steroid dienone is 1. The van der Waals surface area contributed by atoms with Gasteiger partial charge in [-0.2, -0.15) is 0 Å². The Morgan fingerprint density at radius 2 is 2.12 bits per heavy atom. The fraction of sp³-hybridized carbons (Fsp3) is 0.368. The number of benzene rings is 1. The monoisotopic (exact) mass is 340 g/mol. The van der Waals surface area contributed by atoms with Gasteiger partial charge in [0.05, 0.1) is 0 Å². The van der Waals surface area contributed by atoms with Crippen molar-refractivity contribution in [2.45, 2.75) is 31.8 Å². The summed E-state index contributed by atoms with van der Waals surface area (Å²) >= 11 is 0. The third-order valence-electron chi connectivity index (χ3n) is 4.40. The maximum Gasteiger partial charge on any atom is 0.319 e. The lowest BCUT2D eigenvalue weighted by atomic mass is 10.0. The summed E-state index contributed by atoms with van der Waals surface area (Å²) in [6, 6.07) is 7.56. The highest BCUT2D eigenvalue weighted by Gasteiger charge is 2.12. The van der Waals surface area contributed by atoms with Crippen molar-refractivity contribution in [3.05, 3.63) is 42.6 Å². The molecule has 1 heterocycles. The number of nitrogens with zero attached hydrogens (tertiary/aromatic N) is 2. The molecule has 0 aliphatic heterocycles. The summed E-state index contributed by atoms with van der Waals surface area (Å²) in [5.74, 6) is 0.0413. The van der Waals surface area contributed by atoms with Gasteiger partial charge >= 0.3 is 6.03 Å². The van der Waals surface area contributed by atoms with E-state index in [1.54, 1.807) is 19.0 Å². The molecule has 1 unspecified atom stereocenters. The maximum absolute atomic E-state index is 12.1. The first-order valence-electron chi connectivity index (χ1n) is 8.56. The topological polar surface area (TPSA) is 66.4 Å². The van der Waals surface area contributed by atoms with Crippen LogP contribution in [0.1, 0.15) is 19.3 Å². The number of amides is 3. The maximum atomic E-state index is 12.1. The Labute approximate surface area is 147 Å². The van der Waals surface area contributed by atoms with Gasteiger partial charge in [-0.15, -0.1) is 0 Å². The van der Waals surface area contributed by atoms with E-state index in [1.165, 1.54) is 0 Å². The van der Waals surface area contributed by atoms with Crippen LogP contribution in [0.3, 0.4) is 0 Å². The fourth-order valence-electron chi connectivity index (χ4n) is 2.97. The van der Waals surface area contributed by atoms with Crippen molar-refractivity contribution in [2.24, 2.45) is 0 Å². The van der Waals surface area contributed by atoms with Crippen molar-refractivity contribution in [3.63, 3.8) is 0 Å². The number of urea groups is 1. The smallest absolute Gasteiger partial charge is 0.319 e. The molecule has 0 radical (unpaired) electrons. The molecule has 3 amide bonds. The van der Waals surface area contributed by atoms with Crippen LogP contribution in [0.15, 0.2) is 42.6 Å². The average Bonchev–Trinajstić information content (AvgIpc) is 2.97. The second-order valence-electron chi connectivity index (χ2n) is 6.57. The van der Waals surface area contributed by atoms with E-state index in [9.17, 15) is 9.59 Å². The van der Waals surface area contributed by atoms with E-state index >= 15 is 0 Å². The molecule has 1 aliphatic rings. The highest BCUT2D eigenvalue weighted by molar-refractivity contribution is 5.93. The van der Waals surface area contributed by atoms with Crippen LogP contribution in [0.4, 0.5) is 10.5 Å². The zero-order valence-corrected chi connectivity index (χ0v) is 14.7. The van der Waals surface area contributed by atoms with Crippen LogP contribution in [0, 0.1) is 0 Å². The molecule has 0 saturated heterocycles. The molecule has 0 fully saturated rings. The minimum atomic E-state index is -0.196. The quantitative estimate of drug-likeness (QED) is 0.841. The van der Waals surface area contributed by atoms with E-state index in [4.69, 9.17) is 0 Å². The molecule has 1 aromatic carbocycles. The second kappa shape index (κ2) is 7.42. The number of hydrogen-bond donors (Lipinski definition) is 2. The van der Waals surface area contributed by atoms with Gasteiger partial charge in [0.1, 0.15) is 6.54 Å². The minimum absolute atomic E-state index is 0.0413. The van der Waals surface area contributed by atoms with Crippen molar-refractivity contribution in [2.75, 3.05) is 19.4 Å². The summed E-state index contributed by atoms with van der Waals surface area (Å²) in [6.07, 6.45) is 9.22. The molecular weight excluding hydrogens is 316 g/mol. The van der Waals surface area contributed by atoms with Crippen molar-refractivity contribution in [1.29, 1.82) is 0 Å². The van der Waals surface area contributed by atoms with Gasteiger partial charge in [0.25, 0.3) is 0 Å². The third-order valence-corrected chi connectivity index (χ3v) is 4.40. The van der Waals surface area contributed by atoms with Crippen LogP contribution in [-0.4, -0.2) is 41.5 Å². The van der Waals surface area contributed by atoms with E-state index in [0.717, 1.165) is 35.9 Å². The number of fused-ring (bicyclic) bond motifs is 1. The van der Waals surface area contributed by atoms with Gasteiger partial charge < -0.3 is 20.1 Å². The Kier molecular flexibility index (Phi) is 5.07. The van der Waals surface area contributed by atoms with E-state index < -0.39 is 0 Å². The Morgan fingerprint density at radius 1 is 1.28 bits per heavy atom. The molecule has 1 aromatic heterocycles. The lowest BCUT2D eigenvalue weighted by molar-refractivity contribution is -0.129. The summed E-state index contributed by atoms with van der Waals surface area (Å²) in [5.41, 5.74) is 1.71. The number of anilines is 1. The Morgan fingerprint density at radius 3 is 2.84 bits per heavy atom. The van der Waals surface area contributed by atoms with Crippen molar-refractivity contribution in [3.8, 4) is 0 Å². The summed E-state index contributed by atoms with van der Waals surface area (Å²) in [5, 5.41) is 6.84. The third kappa shape index (κ3) is 4.21. The van der Waals surface area contributed by atoms with Crippen LogP contribution in [-0.2, 0) is 11.3 Å². The minimum Gasteiger partial charge on any atom is -0.347 e. The van der Waals surface area contributed by atoms with Gasteiger partial charge in [0, 0.05) is 42.9 Å². The van der Waals surface area contributed by atoms with Crippen molar-refractivity contribution in [1.82, 2.24) is 14.8 Å². The highest BCUT2D eigenvalue weighted by Crippen LogP contribution is 2.21. The SMILES string of the molecule is CN(C)C(=O)Cn1ccc2cc(NC(=O)NC3C=CCCC3)ccc21. The number of nitrogens with one attached hydrogen (secondary N) is 2. The lowest BCUT2D eigenvalue weighted by Gasteiger charge is -2.18. The number of hydrogen-bond acceptors (Lipinski definition) is 2. The second-order valence-corrected chi connectivity index (χ2v) is 6.57. The van der Waals surface area contributed by atoms with Gasteiger partial charge in [0.2, 0.25) is 5.91 Å². The van der Waals surface area contributed by atoms with E-state index in [2.05, 4.69) is 16.7 Å². The van der Waals surface area contributed by atoms with Crippen LogP contribution in [0.2, 0.25) is 0 Å². The molecule has 6 heteroatoms. The van der Waals surface area contributed by atoms with E-state index in [-0.39, 0.29) is 18.0 Å². The largest absolute Gasteiger partial charge is 0.347 e. The van der Waals surface area contributed by atoms with Crippen LogP contribution in [0.5, 0.6) is 0 Å². The summed E-state index contributed by atoms with van der Waals surface area (Å²) < 4.78 is 1.91. The predicted octanol–water partition coefficient (Wildman–Crippen LogP) is 2.96. The molecule has 0 spiro atoms. The zero-order valence-electron chi connectivity index (χ0n) is 14.7. The van der Waals surface area contributed by atoms with Crippen molar-refractivity contribution >= 4 is 28.5 Å². The van der Waals surface area contributed by atoms with Gasteiger partial charge in [-0.05, 0) is 43.5 Å². The Balaban J connectivity index is 1.67. The molecular formula is C19H24N4O2. The summed E-state index contributed by atoms with van der Waals surface area (Å²) in [7, 11) is 3.49. The normalized spacial score (nSPS) is 16.6. The number of carbonyl (C=O) groups excluding carboxylic acids is 2. The van der Waals surface area contributed by atoms with Crippen molar-refractivity contribution < 1.29 is 9.59 Å². The average molecular weight is 340 g/mol. The summed E-state index contributed by atoms with van der Waals surface area (Å²) in [4.78, 5) is 25.6. The molecule has 3 rings (SSSR count). The van der Waals surface area contributed by atoms with Gasteiger partial charge in [-0.1, -0.05) is 12.2 Å². The highest BCUT2D eigenvalue weighted by atomic mass is 16.2. The van der Waals surface area contributed by atoms with Gasteiger partial charge in [0.15, 0.2) is 0 Å². The number of rotatable bonds is 4. The Bertz CT molecular complexity index is 807. The fourth-order valence-corrected chi connectivity index (χ4v) is 2.97. The first-order chi connectivity index (χ1) is 12.0. The molecule has 0 bridgehead atoms. The Hall–Kier alpha value is -2.76. The predicted molar refractivity (Wildman–Crippen MR) is 99.6 cm³/mol. The first-order valence-corrected chi connectivity index (χ1v) is 8.56. The molecule has 25 heavy (non-hydrogen) atoms. The lowest BCUT2D eigenvalue weighted by Crippen LogP contribution is -2.37. The molecule has 132 valence electrons. The zero-order chi connectivity index (χ0) is 17.8. The number of carbonyl (C=O) groups is 2. The summed E-state index contributed by atoms with van der Waals surface area (Å²) in [6.45, 7) is 0.303. The first kappa shape index (κ1) is 17.1. The molecule has 1 atom stereocenters. The van der Waals surface area contributed by atoms with E-state index in [1.807, 2.05) is 41.1 Å². The van der Waals surface area contributed by atoms with E-state index in [0.29, 0.717) is 6.54 Å². The number of aromatic nitrogens is 1. The molecule has 2 N–H and O–H groups in total. The van der Waals surface area contributed by atoms with Crippen LogP contribution >= 0.6 is 0 Å².